The first-order valence-corrected chi connectivity index (χ1v) is 10.4. The van der Waals surface area contributed by atoms with Crippen LogP contribution in [0.1, 0.15) is 10.4 Å². The zero-order valence-corrected chi connectivity index (χ0v) is 21.2. The fourth-order valence-electron chi connectivity index (χ4n) is 3.60. The van der Waals surface area contributed by atoms with E-state index in [0.717, 1.165) is 43.6 Å². The molecule has 0 aromatic heterocycles. The van der Waals surface area contributed by atoms with E-state index in [4.69, 9.17) is 9.47 Å². The number of piperazine rings is 1. The van der Waals surface area contributed by atoms with Crippen LogP contribution in [0.3, 0.4) is 0 Å². The molecular weight excluding hydrogens is 521 g/mol. The molecule has 2 N–H and O–H groups in total. The van der Waals surface area contributed by atoms with E-state index in [1.165, 1.54) is 0 Å². The quantitative estimate of drug-likeness (QED) is 0.238. The van der Waals surface area contributed by atoms with Gasteiger partial charge in [-0.1, -0.05) is 18.2 Å². The van der Waals surface area contributed by atoms with Crippen molar-refractivity contribution < 1.29 is 14.3 Å². The first kappa shape index (κ1) is 25.6. The fourth-order valence-corrected chi connectivity index (χ4v) is 3.60. The average molecular weight is 553 g/mol. The maximum atomic E-state index is 12.3. The van der Waals surface area contributed by atoms with Gasteiger partial charge in [0.05, 0.1) is 19.9 Å². The maximum Gasteiger partial charge on any atom is 0.251 e. The molecule has 32 heavy (non-hydrogen) atoms. The summed E-state index contributed by atoms with van der Waals surface area (Å²) in [4.78, 5) is 21.3. The van der Waals surface area contributed by atoms with Crippen LogP contribution in [0.15, 0.2) is 53.5 Å². The van der Waals surface area contributed by atoms with Crippen molar-refractivity contribution in [2.24, 2.45) is 4.99 Å². The Hall–Kier alpha value is -2.69. The standard InChI is InChI=1S/C23H31N5O3.HI/c1-24-23(26-12-11-25-22(29)18-7-6-8-19(17-18)30-2)28-15-13-27(14-16-28)20-9-4-5-10-21(20)31-3;/h4-10,17H,11-16H2,1-3H3,(H,24,26)(H,25,29);1H. The molecule has 1 aliphatic heterocycles. The largest absolute Gasteiger partial charge is 0.497 e. The minimum Gasteiger partial charge on any atom is -0.497 e. The van der Waals surface area contributed by atoms with Crippen molar-refractivity contribution in [1.29, 1.82) is 0 Å². The summed E-state index contributed by atoms with van der Waals surface area (Å²) in [6, 6.07) is 15.2. The highest BCUT2D eigenvalue weighted by Crippen LogP contribution is 2.28. The Kier molecular flexibility index (Phi) is 10.4. The van der Waals surface area contributed by atoms with Gasteiger partial charge in [0.25, 0.3) is 5.91 Å². The third-order valence-corrected chi connectivity index (χ3v) is 5.24. The Labute approximate surface area is 207 Å². The second kappa shape index (κ2) is 13.0. The Morgan fingerprint density at radius 2 is 1.69 bits per heavy atom. The SMILES string of the molecule is CN=C(NCCNC(=O)c1cccc(OC)c1)N1CCN(c2ccccc2OC)CC1.I. The van der Waals surface area contributed by atoms with E-state index in [2.05, 4.69) is 31.5 Å². The Morgan fingerprint density at radius 1 is 0.969 bits per heavy atom. The molecule has 1 aliphatic rings. The number of aliphatic imine (C=N–C) groups is 1. The van der Waals surface area contributed by atoms with Gasteiger partial charge in [-0.25, -0.2) is 0 Å². The molecule has 0 spiro atoms. The summed E-state index contributed by atoms with van der Waals surface area (Å²) in [5, 5.41) is 6.26. The number of para-hydroxylation sites is 2. The maximum absolute atomic E-state index is 12.3. The highest BCUT2D eigenvalue weighted by molar-refractivity contribution is 14.0. The zero-order valence-electron chi connectivity index (χ0n) is 18.8. The van der Waals surface area contributed by atoms with Gasteiger partial charge in [0.2, 0.25) is 0 Å². The van der Waals surface area contributed by atoms with E-state index in [1.807, 2.05) is 24.3 Å². The molecular formula is C23H32IN5O3. The van der Waals surface area contributed by atoms with Crippen LogP contribution in [0.25, 0.3) is 0 Å². The molecule has 0 unspecified atom stereocenters. The zero-order chi connectivity index (χ0) is 22.1. The first-order chi connectivity index (χ1) is 15.2. The molecule has 9 heteroatoms. The van der Waals surface area contributed by atoms with Crippen molar-refractivity contribution in [2.45, 2.75) is 0 Å². The predicted molar refractivity (Wildman–Crippen MR) is 139 cm³/mol. The van der Waals surface area contributed by atoms with Gasteiger partial charge in [-0.15, -0.1) is 24.0 Å². The molecule has 0 radical (unpaired) electrons. The minimum absolute atomic E-state index is 0. The van der Waals surface area contributed by atoms with E-state index < -0.39 is 0 Å². The highest BCUT2D eigenvalue weighted by Gasteiger charge is 2.21. The topological polar surface area (TPSA) is 78.4 Å². The van der Waals surface area contributed by atoms with Crippen molar-refractivity contribution in [3.8, 4) is 11.5 Å². The lowest BCUT2D eigenvalue weighted by molar-refractivity contribution is 0.0954. The average Bonchev–Trinajstić information content (AvgIpc) is 2.84. The molecule has 3 rings (SSSR count). The van der Waals surface area contributed by atoms with Gasteiger partial charge < -0.3 is 29.9 Å². The van der Waals surface area contributed by atoms with E-state index >= 15 is 0 Å². The van der Waals surface area contributed by atoms with Crippen LogP contribution in [0.4, 0.5) is 5.69 Å². The number of hydrogen-bond donors (Lipinski definition) is 2. The second-order valence-electron chi connectivity index (χ2n) is 7.11. The predicted octanol–water partition coefficient (Wildman–Crippen LogP) is 2.45. The molecule has 0 saturated carbocycles. The molecule has 1 saturated heterocycles. The summed E-state index contributed by atoms with van der Waals surface area (Å²) < 4.78 is 10.7. The Bertz CT molecular complexity index is 901. The Morgan fingerprint density at radius 3 is 2.38 bits per heavy atom. The molecule has 2 aromatic carbocycles. The normalized spacial score (nSPS) is 13.8. The number of amides is 1. The van der Waals surface area contributed by atoms with Crippen LogP contribution in [-0.2, 0) is 0 Å². The minimum atomic E-state index is -0.124. The van der Waals surface area contributed by atoms with Crippen LogP contribution in [0.2, 0.25) is 0 Å². The van der Waals surface area contributed by atoms with Gasteiger partial charge in [0.1, 0.15) is 11.5 Å². The molecule has 0 bridgehead atoms. The van der Waals surface area contributed by atoms with E-state index in [1.54, 1.807) is 39.5 Å². The monoisotopic (exact) mass is 553 g/mol. The summed E-state index contributed by atoms with van der Waals surface area (Å²) >= 11 is 0. The number of halogens is 1. The molecule has 0 atom stereocenters. The van der Waals surface area contributed by atoms with Gasteiger partial charge in [-0.2, -0.15) is 0 Å². The lowest BCUT2D eigenvalue weighted by atomic mass is 10.2. The number of methoxy groups -OCH3 is 2. The van der Waals surface area contributed by atoms with Crippen molar-refractivity contribution in [1.82, 2.24) is 15.5 Å². The van der Waals surface area contributed by atoms with E-state index in [-0.39, 0.29) is 29.9 Å². The number of anilines is 1. The highest BCUT2D eigenvalue weighted by atomic mass is 127. The molecule has 1 heterocycles. The molecule has 8 nitrogen and oxygen atoms in total. The van der Waals surface area contributed by atoms with Crippen LogP contribution in [0.5, 0.6) is 11.5 Å². The molecule has 0 aliphatic carbocycles. The van der Waals surface area contributed by atoms with E-state index in [0.29, 0.717) is 24.4 Å². The van der Waals surface area contributed by atoms with Crippen molar-refractivity contribution >= 4 is 41.5 Å². The number of nitrogens with one attached hydrogen (secondary N) is 2. The van der Waals surface area contributed by atoms with Crippen molar-refractivity contribution in [3.63, 3.8) is 0 Å². The third kappa shape index (κ3) is 6.65. The summed E-state index contributed by atoms with van der Waals surface area (Å²) in [5.74, 6) is 2.28. The summed E-state index contributed by atoms with van der Waals surface area (Å²) in [7, 11) is 5.07. The molecule has 2 aromatic rings. The smallest absolute Gasteiger partial charge is 0.251 e. The number of carbonyl (C=O) groups excluding carboxylic acids is 1. The number of rotatable bonds is 7. The van der Waals surface area contributed by atoms with Crippen molar-refractivity contribution in [3.05, 3.63) is 54.1 Å². The number of nitrogens with zero attached hydrogens (tertiary/aromatic N) is 3. The number of benzene rings is 2. The molecule has 174 valence electrons. The third-order valence-electron chi connectivity index (χ3n) is 5.24. The summed E-state index contributed by atoms with van der Waals surface area (Å²) in [6.07, 6.45) is 0. The van der Waals surface area contributed by atoms with Gasteiger partial charge in [-0.05, 0) is 30.3 Å². The fraction of sp³-hybridized carbons (Fsp3) is 0.391. The van der Waals surface area contributed by atoms with Gasteiger partial charge >= 0.3 is 0 Å². The lowest BCUT2D eigenvalue weighted by Crippen LogP contribution is -2.53. The summed E-state index contributed by atoms with van der Waals surface area (Å²) in [5.41, 5.74) is 1.70. The second-order valence-corrected chi connectivity index (χ2v) is 7.11. The van der Waals surface area contributed by atoms with Crippen LogP contribution in [0, 0.1) is 0 Å². The van der Waals surface area contributed by atoms with Crippen molar-refractivity contribution in [2.75, 3.05) is 65.4 Å². The van der Waals surface area contributed by atoms with Crippen LogP contribution < -0.4 is 25.0 Å². The first-order valence-electron chi connectivity index (χ1n) is 10.4. The van der Waals surface area contributed by atoms with Gasteiger partial charge in [0, 0.05) is 51.9 Å². The van der Waals surface area contributed by atoms with Gasteiger partial charge in [0.15, 0.2) is 5.96 Å². The van der Waals surface area contributed by atoms with Gasteiger partial charge in [-0.3, -0.25) is 9.79 Å². The number of hydrogen-bond acceptors (Lipinski definition) is 5. The number of carbonyl (C=O) groups is 1. The van der Waals surface area contributed by atoms with E-state index in [9.17, 15) is 4.79 Å². The number of guanidine groups is 1. The molecule has 1 amide bonds. The Balaban J connectivity index is 0.00000363. The lowest BCUT2D eigenvalue weighted by Gasteiger charge is -2.38. The van der Waals surface area contributed by atoms with Crippen LogP contribution in [-0.4, -0.2) is 77.3 Å². The number of ether oxygens (including phenoxy) is 2. The summed E-state index contributed by atoms with van der Waals surface area (Å²) in [6.45, 7) is 4.56. The molecule has 1 fully saturated rings. The van der Waals surface area contributed by atoms with Crippen LogP contribution >= 0.6 is 24.0 Å².